The van der Waals surface area contributed by atoms with Crippen molar-refractivity contribution in [2.24, 2.45) is 0 Å². The lowest BCUT2D eigenvalue weighted by atomic mass is 10.2. The lowest BCUT2D eigenvalue weighted by molar-refractivity contribution is -0.131. The number of rotatable bonds is 2. The molecular formula is C8H9NO3. The molecule has 4 heteroatoms. The molecule has 1 rings (SSSR count). The Kier molecular flexibility index (Phi) is 1.99. The first kappa shape index (κ1) is 8.52. The van der Waals surface area contributed by atoms with E-state index in [0.29, 0.717) is 5.56 Å². The molecule has 0 aliphatic rings. The largest absolute Gasteiger partial charge is 0.475 e. The number of aromatic nitrogens is 1. The van der Waals surface area contributed by atoms with Gasteiger partial charge in [-0.25, -0.2) is 4.79 Å². The molecule has 0 atom stereocenters. The third kappa shape index (κ3) is 1.37. The molecule has 0 saturated carbocycles. The lowest BCUT2D eigenvalue weighted by Crippen LogP contribution is -2.14. The van der Waals surface area contributed by atoms with E-state index in [1.807, 2.05) is 0 Å². The van der Waals surface area contributed by atoms with Crippen LogP contribution in [-0.4, -0.2) is 21.8 Å². The van der Waals surface area contributed by atoms with E-state index in [9.17, 15) is 9.59 Å². The van der Waals surface area contributed by atoms with Gasteiger partial charge in [0, 0.05) is 5.69 Å². The van der Waals surface area contributed by atoms with Crippen molar-refractivity contribution in [2.75, 3.05) is 0 Å². The number of H-pyrrole nitrogens is 1. The molecule has 0 radical (unpaired) electrons. The number of aromatic amines is 1. The average molecular weight is 167 g/mol. The predicted molar refractivity (Wildman–Crippen MR) is 42.2 cm³/mol. The van der Waals surface area contributed by atoms with Gasteiger partial charge in [-0.3, -0.25) is 4.79 Å². The van der Waals surface area contributed by atoms with Gasteiger partial charge in [0.1, 0.15) is 0 Å². The number of aliphatic carboxylic acids is 1. The fraction of sp³-hybridized carbons (Fsp3) is 0.250. The molecule has 64 valence electrons. The number of hydrogen-bond acceptors (Lipinski definition) is 2. The van der Waals surface area contributed by atoms with Crippen molar-refractivity contribution in [3.63, 3.8) is 0 Å². The van der Waals surface area contributed by atoms with Gasteiger partial charge in [0.2, 0.25) is 0 Å². The van der Waals surface area contributed by atoms with Crippen LogP contribution in [0.4, 0.5) is 0 Å². The minimum absolute atomic E-state index is 0.167. The molecule has 0 amide bonds. The van der Waals surface area contributed by atoms with Crippen molar-refractivity contribution in [2.45, 2.75) is 13.8 Å². The fourth-order valence-electron chi connectivity index (χ4n) is 1.07. The summed E-state index contributed by atoms with van der Waals surface area (Å²) in [7, 11) is 0. The van der Waals surface area contributed by atoms with Crippen LogP contribution >= 0.6 is 0 Å². The Morgan fingerprint density at radius 1 is 1.42 bits per heavy atom. The van der Waals surface area contributed by atoms with Gasteiger partial charge in [-0.05, 0) is 25.5 Å². The normalized spacial score (nSPS) is 9.83. The van der Waals surface area contributed by atoms with Gasteiger partial charge in [0.25, 0.3) is 5.78 Å². The summed E-state index contributed by atoms with van der Waals surface area (Å²) in [5.41, 5.74) is 1.62. The summed E-state index contributed by atoms with van der Waals surface area (Å²) in [4.78, 5) is 23.9. The first-order valence-electron chi connectivity index (χ1n) is 3.46. The van der Waals surface area contributed by atoms with Gasteiger partial charge < -0.3 is 10.1 Å². The van der Waals surface area contributed by atoms with Crippen LogP contribution in [0.2, 0.25) is 0 Å². The SMILES string of the molecule is Cc1cc(C)c(C(=O)C(=O)O)[nH]1. The third-order valence-electron chi connectivity index (χ3n) is 1.57. The second-order valence-electron chi connectivity index (χ2n) is 2.64. The maximum absolute atomic E-state index is 10.9. The fourth-order valence-corrected chi connectivity index (χ4v) is 1.07. The molecule has 0 aliphatic carbocycles. The van der Waals surface area contributed by atoms with Crippen molar-refractivity contribution in [1.82, 2.24) is 4.98 Å². The molecule has 2 N–H and O–H groups in total. The van der Waals surface area contributed by atoms with E-state index in [-0.39, 0.29) is 5.69 Å². The number of hydrogen-bond donors (Lipinski definition) is 2. The van der Waals surface area contributed by atoms with E-state index < -0.39 is 11.8 Å². The van der Waals surface area contributed by atoms with Crippen LogP contribution in [0.15, 0.2) is 6.07 Å². The predicted octanol–water partition coefficient (Wildman–Crippen LogP) is 0.899. The van der Waals surface area contributed by atoms with Crippen LogP contribution in [0.5, 0.6) is 0 Å². The summed E-state index contributed by atoms with van der Waals surface area (Å²) < 4.78 is 0. The molecule has 0 spiro atoms. The van der Waals surface area contributed by atoms with Crippen molar-refractivity contribution in [1.29, 1.82) is 0 Å². The molecule has 12 heavy (non-hydrogen) atoms. The van der Waals surface area contributed by atoms with Crippen LogP contribution in [-0.2, 0) is 4.79 Å². The molecular weight excluding hydrogens is 158 g/mol. The monoisotopic (exact) mass is 167 g/mol. The Hall–Kier alpha value is -1.58. The van der Waals surface area contributed by atoms with Crippen LogP contribution in [0, 0.1) is 13.8 Å². The van der Waals surface area contributed by atoms with Crippen molar-refractivity contribution >= 4 is 11.8 Å². The number of ketones is 1. The second-order valence-corrected chi connectivity index (χ2v) is 2.64. The van der Waals surface area contributed by atoms with E-state index in [1.54, 1.807) is 19.9 Å². The molecule has 1 heterocycles. The zero-order valence-corrected chi connectivity index (χ0v) is 6.84. The number of carboxylic acids is 1. The number of carbonyl (C=O) groups excluding carboxylic acids is 1. The van der Waals surface area contributed by atoms with E-state index in [2.05, 4.69) is 4.98 Å². The molecule has 0 saturated heterocycles. The molecule has 1 aromatic heterocycles. The van der Waals surface area contributed by atoms with Crippen molar-refractivity contribution < 1.29 is 14.7 Å². The Morgan fingerprint density at radius 3 is 2.33 bits per heavy atom. The summed E-state index contributed by atoms with van der Waals surface area (Å²) in [6, 6.07) is 1.73. The highest BCUT2D eigenvalue weighted by molar-refractivity contribution is 6.39. The highest BCUT2D eigenvalue weighted by Gasteiger charge is 2.18. The third-order valence-corrected chi connectivity index (χ3v) is 1.57. The molecule has 0 aliphatic heterocycles. The number of carbonyl (C=O) groups is 2. The maximum atomic E-state index is 10.9. The van der Waals surface area contributed by atoms with Crippen LogP contribution < -0.4 is 0 Å². The van der Waals surface area contributed by atoms with E-state index in [4.69, 9.17) is 5.11 Å². The maximum Gasteiger partial charge on any atom is 0.378 e. The van der Waals surface area contributed by atoms with Gasteiger partial charge in [-0.2, -0.15) is 0 Å². The van der Waals surface area contributed by atoms with Gasteiger partial charge in [0.05, 0.1) is 5.69 Å². The standard InChI is InChI=1S/C8H9NO3/c1-4-3-5(2)9-6(4)7(10)8(11)12/h3,9H,1-2H3,(H,11,12). The summed E-state index contributed by atoms with van der Waals surface area (Å²) in [6.45, 7) is 3.46. The first-order valence-corrected chi connectivity index (χ1v) is 3.46. The summed E-state index contributed by atoms with van der Waals surface area (Å²) in [5.74, 6) is -2.32. The molecule has 0 fully saturated rings. The number of aryl methyl sites for hydroxylation is 2. The Morgan fingerprint density at radius 2 is 2.00 bits per heavy atom. The smallest absolute Gasteiger partial charge is 0.378 e. The van der Waals surface area contributed by atoms with Crippen molar-refractivity contribution in [3.05, 3.63) is 23.0 Å². The lowest BCUT2D eigenvalue weighted by Gasteiger charge is -1.92. The van der Waals surface area contributed by atoms with Crippen LogP contribution in [0.1, 0.15) is 21.7 Å². The molecule has 0 unspecified atom stereocenters. The number of nitrogens with one attached hydrogen (secondary N) is 1. The summed E-state index contributed by atoms with van der Waals surface area (Å²) in [5, 5.41) is 8.40. The molecule has 1 aromatic rings. The zero-order chi connectivity index (χ0) is 9.30. The van der Waals surface area contributed by atoms with Crippen LogP contribution in [0.3, 0.4) is 0 Å². The van der Waals surface area contributed by atoms with Crippen molar-refractivity contribution in [3.8, 4) is 0 Å². The molecule has 0 aromatic carbocycles. The highest BCUT2D eigenvalue weighted by atomic mass is 16.4. The average Bonchev–Trinajstić information content (AvgIpc) is 2.28. The van der Waals surface area contributed by atoms with E-state index in [0.717, 1.165) is 5.69 Å². The summed E-state index contributed by atoms with van der Waals surface area (Å²) >= 11 is 0. The minimum atomic E-state index is -1.43. The van der Waals surface area contributed by atoms with Gasteiger partial charge >= 0.3 is 5.97 Å². The van der Waals surface area contributed by atoms with Gasteiger partial charge in [0.15, 0.2) is 0 Å². The Bertz CT molecular complexity index is 338. The Balaban J connectivity index is 3.11. The quantitative estimate of drug-likeness (QED) is 0.507. The Labute approximate surface area is 69.2 Å². The van der Waals surface area contributed by atoms with Gasteiger partial charge in [-0.1, -0.05) is 0 Å². The second kappa shape index (κ2) is 2.81. The first-order chi connectivity index (χ1) is 5.52. The van der Waals surface area contributed by atoms with E-state index >= 15 is 0 Å². The topological polar surface area (TPSA) is 70.2 Å². The van der Waals surface area contributed by atoms with Crippen LogP contribution in [0.25, 0.3) is 0 Å². The molecule has 4 nitrogen and oxygen atoms in total. The highest BCUT2D eigenvalue weighted by Crippen LogP contribution is 2.09. The number of Topliss-reactive ketones (excluding diaryl/α,β-unsaturated/α-hetero) is 1. The summed E-state index contributed by atoms with van der Waals surface area (Å²) in [6.07, 6.45) is 0. The zero-order valence-electron chi connectivity index (χ0n) is 6.84. The minimum Gasteiger partial charge on any atom is -0.475 e. The van der Waals surface area contributed by atoms with E-state index in [1.165, 1.54) is 0 Å². The van der Waals surface area contributed by atoms with Gasteiger partial charge in [-0.15, -0.1) is 0 Å². The number of carboxylic acid groups (broad SMARTS) is 1. The molecule has 0 bridgehead atoms.